The molecule has 1 aromatic carbocycles. The topological polar surface area (TPSA) is 78.1 Å². The summed E-state index contributed by atoms with van der Waals surface area (Å²) in [4.78, 5) is 4.40. The van der Waals surface area contributed by atoms with E-state index < -0.39 is 0 Å². The summed E-state index contributed by atoms with van der Waals surface area (Å²) in [5.74, 6) is 1.85. The molecule has 1 rings (SSSR count). The second kappa shape index (κ2) is 10.5. The van der Waals surface area contributed by atoms with E-state index in [0.29, 0.717) is 37.2 Å². The molecule has 0 aliphatic heterocycles. The Labute approximate surface area is 155 Å². The first kappa shape index (κ1) is 21.8. The van der Waals surface area contributed by atoms with E-state index in [4.69, 9.17) is 19.9 Å². The van der Waals surface area contributed by atoms with Gasteiger partial charge in [-0.2, -0.15) is 0 Å². The average Bonchev–Trinajstić information content (AvgIpc) is 2.52. The van der Waals surface area contributed by atoms with E-state index >= 15 is 0 Å². The zero-order valence-electron chi connectivity index (χ0n) is 14.5. The second-order valence-electron chi connectivity index (χ2n) is 5.57. The van der Waals surface area contributed by atoms with Gasteiger partial charge >= 0.3 is 0 Å². The number of hydrogen-bond acceptors (Lipinski definition) is 4. The van der Waals surface area contributed by atoms with Gasteiger partial charge in [-0.25, -0.2) is 0 Å². The highest BCUT2D eigenvalue weighted by atomic mass is 127. The number of methoxy groups -OCH3 is 3. The minimum absolute atomic E-state index is 0. The van der Waals surface area contributed by atoms with E-state index in [2.05, 4.69) is 24.2 Å². The van der Waals surface area contributed by atoms with Crippen LogP contribution in [0.15, 0.2) is 23.2 Å². The van der Waals surface area contributed by atoms with Crippen LogP contribution in [0.2, 0.25) is 0 Å². The number of ether oxygens (including phenoxy) is 3. The molecule has 6 nitrogen and oxygen atoms in total. The molecule has 3 N–H and O–H groups in total. The summed E-state index contributed by atoms with van der Waals surface area (Å²) in [6, 6.07) is 5.90. The van der Waals surface area contributed by atoms with Crippen LogP contribution in [0.25, 0.3) is 0 Å². The van der Waals surface area contributed by atoms with E-state index in [-0.39, 0.29) is 29.4 Å². The van der Waals surface area contributed by atoms with E-state index in [1.165, 1.54) is 0 Å². The van der Waals surface area contributed by atoms with Crippen molar-refractivity contribution >= 4 is 29.9 Å². The molecule has 1 aromatic rings. The molecule has 0 bridgehead atoms. The van der Waals surface area contributed by atoms with Gasteiger partial charge in [-0.3, -0.25) is 4.99 Å². The SMILES string of the molecule is COCCNC(N)=NCC(C)(C)c1ccc(OC)c(OC)c1.I. The average molecular weight is 437 g/mol. The van der Waals surface area contributed by atoms with Crippen LogP contribution in [0.5, 0.6) is 11.5 Å². The molecule has 0 unspecified atom stereocenters. The van der Waals surface area contributed by atoms with Crippen LogP contribution in [0.4, 0.5) is 0 Å². The van der Waals surface area contributed by atoms with Crippen molar-refractivity contribution < 1.29 is 14.2 Å². The van der Waals surface area contributed by atoms with Crippen LogP contribution in [0.1, 0.15) is 19.4 Å². The minimum Gasteiger partial charge on any atom is -0.493 e. The maximum Gasteiger partial charge on any atom is 0.188 e. The molecule has 0 amide bonds. The van der Waals surface area contributed by atoms with Gasteiger partial charge in [0.05, 0.1) is 27.4 Å². The fraction of sp³-hybridized carbons (Fsp3) is 0.562. The molecule has 0 aromatic heterocycles. The summed E-state index contributed by atoms with van der Waals surface area (Å²) in [5.41, 5.74) is 6.78. The number of benzene rings is 1. The van der Waals surface area contributed by atoms with Crippen LogP contribution in [-0.2, 0) is 10.2 Å². The number of hydrogen-bond donors (Lipinski definition) is 2. The first-order valence-corrected chi connectivity index (χ1v) is 7.20. The molecular weight excluding hydrogens is 409 g/mol. The Morgan fingerprint density at radius 1 is 1.17 bits per heavy atom. The Morgan fingerprint density at radius 2 is 1.83 bits per heavy atom. The zero-order valence-corrected chi connectivity index (χ0v) is 16.8. The lowest BCUT2D eigenvalue weighted by atomic mass is 9.84. The molecule has 0 saturated heterocycles. The number of guanidine groups is 1. The number of halogens is 1. The van der Waals surface area contributed by atoms with Crippen LogP contribution >= 0.6 is 24.0 Å². The summed E-state index contributed by atoms with van der Waals surface area (Å²) in [6.45, 7) is 6.02. The molecule has 0 radical (unpaired) electrons. The highest BCUT2D eigenvalue weighted by Gasteiger charge is 2.22. The smallest absolute Gasteiger partial charge is 0.188 e. The normalized spacial score (nSPS) is 11.6. The lowest BCUT2D eigenvalue weighted by molar-refractivity contribution is 0.204. The van der Waals surface area contributed by atoms with Crippen molar-refractivity contribution in [1.82, 2.24) is 5.32 Å². The van der Waals surface area contributed by atoms with Crippen molar-refractivity contribution in [3.63, 3.8) is 0 Å². The van der Waals surface area contributed by atoms with Crippen LogP contribution < -0.4 is 20.5 Å². The molecule has 0 spiro atoms. The predicted octanol–water partition coefficient (Wildman–Crippen LogP) is 2.15. The van der Waals surface area contributed by atoms with Crippen LogP contribution in [0.3, 0.4) is 0 Å². The standard InChI is InChI=1S/C16H27N3O3.HI/c1-16(2,11-19-15(17)18-8-9-20-3)12-6-7-13(21-4)14(10-12)22-5;/h6-7,10H,8-9,11H2,1-5H3,(H3,17,18,19);1H. The molecule has 0 fully saturated rings. The maximum absolute atomic E-state index is 5.84. The third kappa shape index (κ3) is 6.82. The Morgan fingerprint density at radius 3 is 2.39 bits per heavy atom. The van der Waals surface area contributed by atoms with Crippen molar-refractivity contribution in [2.45, 2.75) is 19.3 Å². The molecule has 23 heavy (non-hydrogen) atoms. The maximum atomic E-state index is 5.84. The summed E-state index contributed by atoms with van der Waals surface area (Å²) in [6.07, 6.45) is 0. The van der Waals surface area contributed by atoms with Crippen molar-refractivity contribution in [2.24, 2.45) is 10.7 Å². The monoisotopic (exact) mass is 437 g/mol. The molecule has 132 valence electrons. The highest BCUT2D eigenvalue weighted by Crippen LogP contribution is 2.33. The van der Waals surface area contributed by atoms with Gasteiger partial charge in [0.1, 0.15) is 0 Å². The van der Waals surface area contributed by atoms with Gasteiger partial charge in [0.25, 0.3) is 0 Å². The fourth-order valence-electron chi connectivity index (χ4n) is 1.97. The van der Waals surface area contributed by atoms with Gasteiger partial charge in [-0.1, -0.05) is 19.9 Å². The molecular formula is C16H28IN3O3. The number of rotatable bonds is 8. The van der Waals surface area contributed by atoms with E-state index in [0.717, 1.165) is 5.56 Å². The Kier molecular flexibility index (Phi) is 9.98. The minimum atomic E-state index is -0.174. The lowest BCUT2D eigenvalue weighted by Crippen LogP contribution is -2.35. The van der Waals surface area contributed by atoms with Gasteiger partial charge in [-0.05, 0) is 17.7 Å². The summed E-state index contributed by atoms with van der Waals surface area (Å²) >= 11 is 0. The summed E-state index contributed by atoms with van der Waals surface area (Å²) in [5, 5.41) is 3.01. The van der Waals surface area contributed by atoms with Crippen LogP contribution in [0, 0.1) is 0 Å². The van der Waals surface area contributed by atoms with E-state index in [1.807, 2.05) is 18.2 Å². The Balaban J connectivity index is 0.00000484. The van der Waals surface area contributed by atoms with Crippen molar-refractivity contribution in [3.05, 3.63) is 23.8 Å². The number of nitrogens with zero attached hydrogens (tertiary/aromatic N) is 1. The summed E-state index contributed by atoms with van der Waals surface area (Å²) in [7, 11) is 4.90. The molecule has 0 aliphatic carbocycles. The molecule has 7 heteroatoms. The van der Waals surface area contributed by atoms with Gasteiger partial charge in [0.15, 0.2) is 17.5 Å². The van der Waals surface area contributed by atoms with E-state index in [9.17, 15) is 0 Å². The second-order valence-corrected chi connectivity index (χ2v) is 5.57. The largest absolute Gasteiger partial charge is 0.493 e. The van der Waals surface area contributed by atoms with Gasteiger partial charge in [-0.15, -0.1) is 24.0 Å². The molecule has 0 heterocycles. The zero-order chi connectivity index (χ0) is 16.6. The van der Waals surface area contributed by atoms with Crippen molar-refractivity contribution in [3.8, 4) is 11.5 Å². The molecule has 0 atom stereocenters. The predicted molar refractivity (Wildman–Crippen MR) is 104 cm³/mol. The fourth-order valence-corrected chi connectivity index (χ4v) is 1.97. The van der Waals surface area contributed by atoms with Crippen LogP contribution in [-0.4, -0.2) is 47.0 Å². The molecule has 0 saturated carbocycles. The van der Waals surface area contributed by atoms with Gasteiger partial charge in [0, 0.05) is 19.1 Å². The van der Waals surface area contributed by atoms with Gasteiger partial charge < -0.3 is 25.3 Å². The first-order valence-electron chi connectivity index (χ1n) is 7.20. The van der Waals surface area contributed by atoms with Gasteiger partial charge in [0.2, 0.25) is 0 Å². The third-order valence-corrected chi connectivity index (χ3v) is 3.42. The number of nitrogens with two attached hydrogens (primary N) is 1. The third-order valence-electron chi connectivity index (χ3n) is 3.42. The summed E-state index contributed by atoms with van der Waals surface area (Å²) < 4.78 is 15.6. The first-order chi connectivity index (χ1) is 10.4. The lowest BCUT2D eigenvalue weighted by Gasteiger charge is -2.24. The Bertz CT molecular complexity index is 507. The number of nitrogens with one attached hydrogen (secondary N) is 1. The van der Waals surface area contributed by atoms with Crippen molar-refractivity contribution in [2.75, 3.05) is 41.0 Å². The van der Waals surface area contributed by atoms with E-state index in [1.54, 1.807) is 21.3 Å². The quantitative estimate of drug-likeness (QED) is 0.282. The van der Waals surface area contributed by atoms with Crippen molar-refractivity contribution in [1.29, 1.82) is 0 Å². The number of aliphatic imine (C=N–C) groups is 1. The molecule has 0 aliphatic rings. The highest BCUT2D eigenvalue weighted by molar-refractivity contribution is 14.0. The Hall–Kier alpha value is -1.22.